The van der Waals surface area contributed by atoms with E-state index in [2.05, 4.69) is 270 Å². The third-order valence-electron chi connectivity index (χ3n) is 16.4. The topological polar surface area (TPSA) is 16.4 Å². The zero-order valence-corrected chi connectivity index (χ0v) is 41.8. The van der Waals surface area contributed by atoms with Crippen LogP contribution in [0.4, 0.5) is 17.1 Å². The molecule has 2 nitrogen and oxygen atoms in total. The van der Waals surface area contributed by atoms with Gasteiger partial charge in [0.1, 0.15) is 11.2 Å². The third-order valence-corrected chi connectivity index (χ3v) is 16.4. The zero-order chi connectivity index (χ0) is 49.2. The van der Waals surface area contributed by atoms with Crippen molar-refractivity contribution < 1.29 is 4.42 Å². The second-order valence-electron chi connectivity index (χ2n) is 21.0. The molecule has 0 saturated heterocycles. The monoisotopic (exact) mass is 935 g/mol. The van der Waals surface area contributed by atoms with Crippen LogP contribution >= 0.6 is 0 Å². The number of anilines is 3. The average Bonchev–Trinajstić information content (AvgIpc) is 4.03. The van der Waals surface area contributed by atoms with Crippen LogP contribution in [0.25, 0.3) is 77.2 Å². The van der Waals surface area contributed by atoms with Gasteiger partial charge in [0.15, 0.2) is 0 Å². The molecule has 0 radical (unpaired) electrons. The molecule has 14 rings (SSSR count). The molecule has 0 amide bonds. The molecular weight excluding hydrogens is 883 g/mol. The minimum Gasteiger partial charge on any atom is -0.455 e. The van der Waals surface area contributed by atoms with Gasteiger partial charge in [-0.15, -0.1) is 0 Å². The van der Waals surface area contributed by atoms with E-state index in [9.17, 15) is 0 Å². The highest BCUT2D eigenvalue weighted by Crippen LogP contribution is 2.58. The van der Waals surface area contributed by atoms with Crippen LogP contribution in [0.5, 0.6) is 0 Å². The van der Waals surface area contributed by atoms with Crippen LogP contribution in [0, 0.1) is 20.8 Å². The molecule has 0 aliphatic heterocycles. The van der Waals surface area contributed by atoms with Crippen molar-refractivity contribution in [3.63, 3.8) is 0 Å². The lowest BCUT2D eigenvalue weighted by Gasteiger charge is -2.34. The van der Waals surface area contributed by atoms with E-state index in [1.807, 2.05) is 0 Å². The molecule has 0 saturated carbocycles. The molecule has 2 aliphatic carbocycles. The second-order valence-corrected chi connectivity index (χ2v) is 21.0. The maximum atomic E-state index is 6.98. The Hall–Kier alpha value is -8.72. The molecular formula is C71H53NO. The van der Waals surface area contributed by atoms with Crippen LogP contribution < -0.4 is 4.90 Å². The van der Waals surface area contributed by atoms with Crippen molar-refractivity contribution in [2.45, 2.75) is 45.4 Å². The van der Waals surface area contributed by atoms with Crippen molar-refractivity contribution in [3.05, 3.63) is 281 Å². The van der Waals surface area contributed by atoms with Gasteiger partial charge in [0, 0.05) is 32.8 Å². The summed E-state index contributed by atoms with van der Waals surface area (Å²) >= 11 is 0. The lowest BCUT2D eigenvalue weighted by Crippen LogP contribution is -2.28. The molecule has 0 N–H and O–H groups in total. The van der Waals surface area contributed by atoms with Crippen LogP contribution in [0.15, 0.2) is 235 Å². The van der Waals surface area contributed by atoms with E-state index in [0.717, 1.165) is 50.0 Å². The first-order valence-corrected chi connectivity index (χ1v) is 25.7. The summed E-state index contributed by atoms with van der Waals surface area (Å²) in [4.78, 5) is 2.50. The summed E-state index contributed by atoms with van der Waals surface area (Å²) in [7, 11) is 0. The van der Waals surface area contributed by atoms with Crippen molar-refractivity contribution in [1.29, 1.82) is 0 Å². The number of hydrogen-bond acceptors (Lipinski definition) is 2. The van der Waals surface area contributed by atoms with Gasteiger partial charge in [0.25, 0.3) is 0 Å². The Morgan fingerprint density at radius 2 is 0.973 bits per heavy atom. The lowest BCUT2D eigenvalue weighted by molar-refractivity contribution is 0.661. The number of rotatable bonds is 7. The maximum absolute atomic E-state index is 6.98. The molecule has 73 heavy (non-hydrogen) atoms. The summed E-state index contributed by atoms with van der Waals surface area (Å²) in [6.07, 6.45) is 0. The van der Waals surface area contributed by atoms with E-state index < -0.39 is 5.41 Å². The number of benzene rings is 11. The van der Waals surface area contributed by atoms with E-state index >= 15 is 0 Å². The standard InChI is InChI=1S/C71H53NO/c1-44-31-38-56-57-39-32-45(2)42-63(57)71(62(56)41-44,49-19-7-6-8-20-49)50-35-33-48(34-36-50)54-23-14-26-60-67-58(24-16-30-66(67)73-69(54)60)52-40-37-51(43-46(52)3)72(64-28-13-18-47-17-9-10-21-53(47)64)65-29-15-25-59-55-22-11-12-27-61(55)70(4,5)68(59)65/h6-43H,1-5H3. The number of fused-ring (bicyclic) bond motifs is 10. The molecule has 11 aromatic carbocycles. The van der Waals surface area contributed by atoms with Gasteiger partial charge in [-0.1, -0.05) is 225 Å². The molecule has 12 aromatic rings. The zero-order valence-electron chi connectivity index (χ0n) is 41.8. The van der Waals surface area contributed by atoms with Crippen molar-refractivity contribution in [2.75, 3.05) is 4.90 Å². The second kappa shape index (κ2) is 16.2. The molecule has 348 valence electrons. The van der Waals surface area contributed by atoms with E-state index in [0.29, 0.717) is 0 Å². The van der Waals surface area contributed by atoms with Gasteiger partial charge in [-0.25, -0.2) is 0 Å². The molecule has 0 bridgehead atoms. The molecule has 0 fully saturated rings. The molecule has 2 heteroatoms. The number of nitrogens with zero attached hydrogens (tertiary/aromatic N) is 1. The Balaban J connectivity index is 0.893. The van der Waals surface area contributed by atoms with Gasteiger partial charge >= 0.3 is 0 Å². The summed E-state index contributed by atoms with van der Waals surface area (Å²) in [5.41, 5.74) is 26.0. The minimum absolute atomic E-state index is 0.198. The van der Waals surface area contributed by atoms with Gasteiger partial charge in [0.2, 0.25) is 0 Å². The third kappa shape index (κ3) is 6.30. The first-order valence-electron chi connectivity index (χ1n) is 25.7. The van der Waals surface area contributed by atoms with Crippen LogP contribution in [-0.2, 0) is 10.8 Å². The molecule has 1 heterocycles. The van der Waals surface area contributed by atoms with E-state index in [4.69, 9.17) is 4.42 Å². The summed E-state index contributed by atoms with van der Waals surface area (Å²) < 4.78 is 6.98. The highest BCUT2D eigenvalue weighted by molar-refractivity contribution is 6.16. The van der Waals surface area contributed by atoms with Crippen LogP contribution in [0.1, 0.15) is 63.9 Å². The SMILES string of the molecule is Cc1ccc2c(c1)C(c1ccccc1)(c1ccc(-c3cccc4c3oc3cccc(-c5ccc(N(c6cccc7c6C(C)(C)c6ccccc6-7)c6cccc7ccccc67)cc5C)c34)cc1)c1cc(C)ccc1-2. The smallest absolute Gasteiger partial charge is 0.143 e. The Kier molecular flexibility index (Phi) is 9.54. The fourth-order valence-corrected chi connectivity index (χ4v) is 13.1. The Bertz CT molecular complexity index is 4150. The Morgan fingerprint density at radius 3 is 1.75 bits per heavy atom. The first-order chi connectivity index (χ1) is 35.7. The van der Waals surface area contributed by atoms with Gasteiger partial charge in [-0.2, -0.15) is 0 Å². The highest BCUT2D eigenvalue weighted by atomic mass is 16.3. The Labute approximate surface area is 427 Å². The fraction of sp³-hybridized carbons (Fsp3) is 0.0986. The summed E-state index contributed by atoms with van der Waals surface area (Å²) in [6.45, 7) is 11.4. The van der Waals surface area contributed by atoms with Crippen molar-refractivity contribution in [2.24, 2.45) is 0 Å². The quantitative estimate of drug-likeness (QED) is 0.158. The van der Waals surface area contributed by atoms with Crippen molar-refractivity contribution in [1.82, 2.24) is 0 Å². The molecule has 0 spiro atoms. The maximum Gasteiger partial charge on any atom is 0.143 e. The molecule has 1 aromatic heterocycles. The van der Waals surface area contributed by atoms with E-state index in [1.165, 1.54) is 94.3 Å². The summed E-state index contributed by atoms with van der Waals surface area (Å²) in [5.74, 6) is 0. The predicted molar refractivity (Wildman–Crippen MR) is 306 cm³/mol. The first kappa shape index (κ1) is 43.1. The van der Waals surface area contributed by atoms with Crippen molar-refractivity contribution in [3.8, 4) is 44.5 Å². The number of para-hydroxylation sites is 1. The summed E-state index contributed by atoms with van der Waals surface area (Å²) in [5, 5.41) is 4.67. The van der Waals surface area contributed by atoms with Crippen LogP contribution in [-0.4, -0.2) is 0 Å². The van der Waals surface area contributed by atoms with Gasteiger partial charge in [-0.05, 0) is 134 Å². The lowest BCUT2D eigenvalue weighted by atomic mass is 9.67. The Morgan fingerprint density at radius 1 is 0.397 bits per heavy atom. The number of aryl methyl sites for hydroxylation is 3. The van der Waals surface area contributed by atoms with Crippen LogP contribution in [0.3, 0.4) is 0 Å². The predicted octanol–water partition coefficient (Wildman–Crippen LogP) is 19.1. The largest absolute Gasteiger partial charge is 0.455 e. The number of hydrogen-bond donors (Lipinski definition) is 0. The van der Waals surface area contributed by atoms with Gasteiger partial charge in [-0.3, -0.25) is 0 Å². The highest BCUT2D eigenvalue weighted by Gasteiger charge is 2.46. The van der Waals surface area contributed by atoms with Gasteiger partial charge in [0.05, 0.1) is 16.8 Å². The van der Waals surface area contributed by atoms with Crippen molar-refractivity contribution >= 4 is 49.8 Å². The summed E-state index contributed by atoms with van der Waals surface area (Å²) in [6, 6.07) is 85.7. The van der Waals surface area contributed by atoms with E-state index in [1.54, 1.807) is 0 Å². The normalized spacial score (nSPS) is 13.8. The van der Waals surface area contributed by atoms with E-state index in [-0.39, 0.29) is 5.41 Å². The molecule has 2 aliphatic rings. The fourth-order valence-electron chi connectivity index (χ4n) is 13.1. The molecule has 0 atom stereocenters. The number of furan rings is 1. The minimum atomic E-state index is -0.467. The average molecular weight is 936 g/mol. The van der Waals surface area contributed by atoms with Gasteiger partial charge < -0.3 is 9.32 Å². The molecule has 0 unspecified atom stereocenters. The van der Waals surface area contributed by atoms with Crippen LogP contribution in [0.2, 0.25) is 0 Å².